The molecule has 0 unspecified atom stereocenters. The quantitative estimate of drug-likeness (QED) is 0.653. The lowest BCUT2D eigenvalue weighted by molar-refractivity contribution is 0.480. The van der Waals surface area contributed by atoms with Gasteiger partial charge < -0.3 is 10.5 Å². The standard InChI is InChI=1S/C14H16N2OS/c1-9-3-6-13(10(2)7-9)17-14-8-11(18-16)4-5-12(14)15/h3-8H,15-16H2,1-2H3. The molecule has 0 amide bonds. The average molecular weight is 260 g/mol. The van der Waals surface area contributed by atoms with Gasteiger partial charge in [0, 0.05) is 4.90 Å². The summed E-state index contributed by atoms with van der Waals surface area (Å²) in [7, 11) is 0. The molecule has 0 fully saturated rings. The summed E-state index contributed by atoms with van der Waals surface area (Å²) in [6.07, 6.45) is 0. The third kappa shape index (κ3) is 2.78. The molecule has 0 aliphatic carbocycles. The van der Waals surface area contributed by atoms with E-state index in [4.69, 9.17) is 15.6 Å². The van der Waals surface area contributed by atoms with E-state index in [2.05, 4.69) is 13.0 Å². The molecular weight excluding hydrogens is 244 g/mol. The van der Waals surface area contributed by atoms with E-state index in [-0.39, 0.29) is 0 Å². The number of nitrogens with two attached hydrogens (primary N) is 2. The lowest BCUT2D eigenvalue weighted by Gasteiger charge is -2.12. The summed E-state index contributed by atoms with van der Waals surface area (Å²) in [6.45, 7) is 4.07. The minimum Gasteiger partial charge on any atom is -0.455 e. The molecule has 0 spiro atoms. The van der Waals surface area contributed by atoms with Crippen molar-refractivity contribution in [3.63, 3.8) is 0 Å². The number of nitrogen functional groups attached to an aromatic ring is 1. The maximum Gasteiger partial charge on any atom is 0.151 e. The minimum absolute atomic E-state index is 0.604. The van der Waals surface area contributed by atoms with Crippen LogP contribution in [0.4, 0.5) is 5.69 Å². The van der Waals surface area contributed by atoms with Gasteiger partial charge in [0.2, 0.25) is 0 Å². The Morgan fingerprint density at radius 3 is 2.44 bits per heavy atom. The highest BCUT2D eigenvalue weighted by Crippen LogP contribution is 2.32. The minimum atomic E-state index is 0.604. The van der Waals surface area contributed by atoms with Crippen LogP contribution >= 0.6 is 11.9 Å². The molecule has 0 aliphatic rings. The van der Waals surface area contributed by atoms with Crippen molar-refractivity contribution in [2.75, 3.05) is 5.73 Å². The highest BCUT2D eigenvalue weighted by molar-refractivity contribution is 7.97. The number of benzene rings is 2. The van der Waals surface area contributed by atoms with Crippen LogP contribution in [0, 0.1) is 13.8 Å². The van der Waals surface area contributed by atoms with E-state index < -0.39 is 0 Å². The van der Waals surface area contributed by atoms with E-state index in [0.29, 0.717) is 11.4 Å². The monoisotopic (exact) mass is 260 g/mol. The molecule has 0 heterocycles. The second-order valence-corrected chi connectivity index (χ2v) is 4.90. The Bertz CT molecular complexity index is 570. The van der Waals surface area contributed by atoms with Crippen molar-refractivity contribution in [2.24, 2.45) is 5.14 Å². The van der Waals surface area contributed by atoms with Gasteiger partial charge >= 0.3 is 0 Å². The first kappa shape index (κ1) is 12.8. The lowest BCUT2D eigenvalue weighted by Crippen LogP contribution is -1.94. The number of rotatable bonds is 3. The average Bonchev–Trinajstić information content (AvgIpc) is 2.35. The molecule has 0 atom stereocenters. The van der Waals surface area contributed by atoms with Gasteiger partial charge in [-0.25, -0.2) is 0 Å². The van der Waals surface area contributed by atoms with Crippen molar-refractivity contribution in [3.05, 3.63) is 47.5 Å². The Labute approximate surface area is 111 Å². The summed E-state index contributed by atoms with van der Waals surface area (Å²) in [5.41, 5.74) is 8.79. The van der Waals surface area contributed by atoms with Crippen molar-refractivity contribution < 1.29 is 4.74 Å². The lowest BCUT2D eigenvalue weighted by atomic mass is 10.1. The van der Waals surface area contributed by atoms with Gasteiger partial charge in [-0.2, -0.15) is 0 Å². The first-order valence-corrected chi connectivity index (χ1v) is 6.49. The zero-order chi connectivity index (χ0) is 13.1. The maximum absolute atomic E-state index is 5.90. The van der Waals surface area contributed by atoms with Crippen molar-refractivity contribution >= 4 is 17.6 Å². The number of anilines is 1. The van der Waals surface area contributed by atoms with Gasteiger partial charge in [-0.3, -0.25) is 5.14 Å². The van der Waals surface area contributed by atoms with Crippen LogP contribution in [-0.2, 0) is 0 Å². The van der Waals surface area contributed by atoms with Gasteiger partial charge in [-0.05, 0) is 55.6 Å². The van der Waals surface area contributed by atoms with E-state index in [9.17, 15) is 0 Å². The molecule has 3 nitrogen and oxygen atoms in total. The third-order valence-corrected chi connectivity index (χ3v) is 3.20. The molecule has 0 saturated carbocycles. The van der Waals surface area contributed by atoms with Gasteiger partial charge in [-0.15, -0.1) is 0 Å². The number of aryl methyl sites for hydroxylation is 2. The Morgan fingerprint density at radius 1 is 1.00 bits per heavy atom. The molecule has 0 saturated heterocycles. The molecular formula is C14H16N2OS. The van der Waals surface area contributed by atoms with Gasteiger partial charge in [-0.1, -0.05) is 17.7 Å². The van der Waals surface area contributed by atoms with Crippen LogP contribution in [0.25, 0.3) is 0 Å². The largest absolute Gasteiger partial charge is 0.455 e. The van der Waals surface area contributed by atoms with E-state index in [0.717, 1.165) is 16.2 Å². The third-order valence-electron chi connectivity index (χ3n) is 2.67. The van der Waals surface area contributed by atoms with Crippen LogP contribution in [0.1, 0.15) is 11.1 Å². The van der Waals surface area contributed by atoms with Crippen LogP contribution in [-0.4, -0.2) is 0 Å². The fourth-order valence-corrected chi connectivity index (χ4v) is 2.03. The molecule has 2 aromatic carbocycles. The highest BCUT2D eigenvalue weighted by atomic mass is 32.2. The molecule has 4 heteroatoms. The molecule has 4 N–H and O–H groups in total. The molecule has 94 valence electrons. The zero-order valence-electron chi connectivity index (χ0n) is 10.4. The van der Waals surface area contributed by atoms with Crippen molar-refractivity contribution in [3.8, 4) is 11.5 Å². The SMILES string of the molecule is Cc1ccc(Oc2cc(SN)ccc2N)c(C)c1. The molecule has 2 rings (SSSR count). The van der Waals surface area contributed by atoms with Gasteiger partial charge in [0.1, 0.15) is 5.75 Å². The van der Waals surface area contributed by atoms with Crippen molar-refractivity contribution in [1.29, 1.82) is 0 Å². The normalized spacial score (nSPS) is 10.4. The second kappa shape index (κ2) is 5.33. The summed E-state index contributed by atoms with van der Waals surface area (Å²) in [4.78, 5) is 0.920. The Morgan fingerprint density at radius 2 is 1.78 bits per heavy atom. The number of hydrogen-bond acceptors (Lipinski definition) is 4. The van der Waals surface area contributed by atoms with Crippen LogP contribution in [0.15, 0.2) is 41.3 Å². The van der Waals surface area contributed by atoms with Crippen molar-refractivity contribution in [1.82, 2.24) is 0 Å². The summed E-state index contributed by atoms with van der Waals surface area (Å²) >= 11 is 1.17. The van der Waals surface area contributed by atoms with Crippen LogP contribution < -0.4 is 15.6 Å². The van der Waals surface area contributed by atoms with Crippen LogP contribution in [0.2, 0.25) is 0 Å². The molecule has 0 aliphatic heterocycles. The van der Waals surface area contributed by atoms with Gasteiger partial charge in [0.25, 0.3) is 0 Å². The molecule has 18 heavy (non-hydrogen) atoms. The Kier molecular flexibility index (Phi) is 3.79. The summed E-state index contributed by atoms with van der Waals surface area (Å²) in [5, 5.41) is 5.53. The smallest absolute Gasteiger partial charge is 0.151 e. The van der Waals surface area contributed by atoms with Crippen LogP contribution in [0.5, 0.6) is 11.5 Å². The van der Waals surface area contributed by atoms with E-state index >= 15 is 0 Å². The van der Waals surface area contributed by atoms with E-state index in [1.807, 2.05) is 31.2 Å². The molecule has 0 bridgehead atoms. The Hall–Kier alpha value is -1.65. The highest BCUT2D eigenvalue weighted by Gasteiger charge is 2.06. The van der Waals surface area contributed by atoms with E-state index in [1.165, 1.54) is 17.5 Å². The van der Waals surface area contributed by atoms with Gasteiger partial charge in [0.15, 0.2) is 5.75 Å². The summed E-state index contributed by atoms with van der Waals surface area (Å²) in [5.74, 6) is 1.45. The van der Waals surface area contributed by atoms with Crippen molar-refractivity contribution in [2.45, 2.75) is 18.7 Å². The first-order chi connectivity index (χ1) is 8.60. The van der Waals surface area contributed by atoms with Gasteiger partial charge in [0.05, 0.1) is 5.69 Å². The first-order valence-electron chi connectivity index (χ1n) is 5.61. The zero-order valence-corrected chi connectivity index (χ0v) is 11.3. The Balaban J connectivity index is 2.33. The van der Waals surface area contributed by atoms with Crippen LogP contribution in [0.3, 0.4) is 0 Å². The second-order valence-electron chi connectivity index (χ2n) is 4.19. The predicted octanol–water partition coefficient (Wildman–Crippen LogP) is 3.64. The fraction of sp³-hybridized carbons (Fsp3) is 0.143. The molecule has 0 radical (unpaired) electrons. The molecule has 2 aromatic rings. The number of hydrogen-bond donors (Lipinski definition) is 2. The fourth-order valence-electron chi connectivity index (χ4n) is 1.71. The summed E-state index contributed by atoms with van der Waals surface area (Å²) < 4.78 is 5.84. The predicted molar refractivity (Wildman–Crippen MR) is 76.9 cm³/mol. The number of ether oxygens (including phenoxy) is 1. The van der Waals surface area contributed by atoms with E-state index in [1.54, 1.807) is 6.07 Å². The molecule has 0 aromatic heterocycles. The summed E-state index contributed by atoms with van der Waals surface area (Å²) in [6, 6.07) is 11.6. The maximum atomic E-state index is 5.90. The topological polar surface area (TPSA) is 61.3 Å².